The minimum atomic E-state index is 0.434. The van der Waals surface area contributed by atoms with E-state index in [0.29, 0.717) is 12.1 Å². The van der Waals surface area contributed by atoms with Crippen molar-refractivity contribution in [2.75, 3.05) is 53.1 Å². The number of unbranched alkanes of at least 4 members (excludes halogenated alkanes) is 1. The molecule has 0 atom stereocenters. The summed E-state index contributed by atoms with van der Waals surface area (Å²) in [6.07, 6.45) is 10.7. The van der Waals surface area contributed by atoms with Gasteiger partial charge in [0.15, 0.2) is 0 Å². The fourth-order valence-electron chi connectivity index (χ4n) is 3.76. The standard InChI is InChI=1S/C17H34N2O2/c1-20-14-15-21-13-6-5-11-19-12-7-10-18-17(16-19)8-3-2-4-9-17/h18H,2-16H2,1H3. The van der Waals surface area contributed by atoms with E-state index in [9.17, 15) is 0 Å². The first kappa shape index (κ1) is 17.2. The van der Waals surface area contributed by atoms with Crippen molar-refractivity contribution in [2.24, 2.45) is 0 Å². The number of nitrogens with one attached hydrogen (secondary N) is 1. The zero-order chi connectivity index (χ0) is 14.8. The van der Waals surface area contributed by atoms with Gasteiger partial charge in [0.1, 0.15) is 0 Å². The molecule has 0 amide bonds. The quantitative estimate of drug-likeness (QED) is 0.698. The third kappa shape index (κ3) is 6.23. The van der Waals surface area contributed by atoms with Gasteiger partial charge in [0.05, 0.1) is 13.2 Å². The molecular weight excluding hydrogens is 264 g/mol. The van der Waals surface area contributed by atoms with E-state index in [1.165, 1.54) is 77.5 Å². The van der Waals surface area contributed by atoms with Crippen LogP contribution in [0, 0.1) is 0 Å². The molecule has 4 heteroatoms. The summed E-state index contributed by atoms with van der Waals surface area (Å²) >= 11 is 0. The van der Waals surface area contributed by atoms with Crippen LogP contribution in [0.15, 0.2) is 0 Å². The summed E-state index contributed by atoms with van der Waals surface area (Å²) in [6, 6.07) is 0. The van der Waals surface area contributed by atoms with Gasteiger partial charge in [0.2, 0.25) is 0 Å². The predicted octanol–water partition coefficient (Wildman–Crippen LogP) is 2.43. The lowest BCUT2D eigenvalue weighted by Gasteiger charge is -2.40. The van der Waals surface area contributed by atoms with Crippen LogP contribution in [0.2, 0.25) is 0 Å². The second-order valence-corrected chi connectivity index (χ2v) is 6.71. The minimum Gasteiger partial charge on any atom is -0.382 e. The molecule has 1 spiro atoms. The van der Waals surface area contributed by atoms with Gasteiger partial charge in [-0.3, -0.25) is 0 Å². The molecule has 2 fully saturated rings. The van der Waals surface area contributed by atoms with Crippen molar-refractivity contribution >= 4 is 0 Å². The molecule has 21 heavy (non-hydrogen) atoms. The lowest BCUT2D eigenvalue weighted by atomic mass is 9.81. The first-order valence-corrected chi connectivity index (χ1v) is 8.89. The highest BCUT2D eigenvalue weighted by Crippen LogP contribution is 2.30. The van der Waals surface area contributed by atoms with E-state index in [4.69, 9.17) is 9.47 Å². The molecule has 2 rings (SSSR count). The molecule has 0 radical (unpaired) electrons. The monoisotopic (exact) mass is 298 g/mol. The van der Waals surface area contributed by atoms with Crippen LogP contribution < -0.4 is 5.32 Å². The third-order valence-electron chi connectivity index (χ3n) is 4.93. The maximum absolute atomic E-state index is 5.54. The highest BCUT2D eigenvalue weighted by Gasteiger charge is 2.34. The number of ether oxygens (including phenoxy) is 2. The maximum Gasteiger partial charge on any atom is 0.0700 e. The summed E-state index contributed by atoms with van der Waals surface area (Å²) in [4.78, 5) is 2.69. The molecule has 124 valence electrons. The summed E-state index contributed by atoms with van der Waals surface area (Å²) in [7, 11) is 1.72. The normalized spacial score (nSPS) is 23.3. The van der Waals surface area contributed by atoms with Crippen LogP contribution in [0.5, 0.6) is 0 Å². The van der Waals surface area contributed by atoms with Crippen molar-refractivity contribution in [3.05, 3.63) is 0 Å². The zero-order valence-corrected chi connectivity index (χ0v) is 13.9. The second-order valence-electron chi connectivity index (χ2n) is 6.71. The molecule has 1 saturated heterocycles. The highest BCUT2D eigenvalue weighted by atomic mass is 16.5. The third-order valence-corrected chi connectivity index (χ3v) is 4.93. The van der Waals surface area contributed by atoms with Crippen LogP contribution in [-0.2, 0) is 9.47 Å². The van der Waals surface area contributed by atoms with E-state index >= 15 is 0 Å². The molecule has 1 saturated carbocycles. The molecule has 4 nitrogen and oxygen atoms in total. The first-order chi connectivity index (χ1) is 10.3. The van der Waals surface area contributed by atoms with E-state index in [1.54, 1.807) is 7.11 Å². The van der Waals surface area contributed by atoms with Crippen LogP contribution >= 0.6 is 0 Å². The Kier molecular flexibility index (Phi) is 8.01. The molecule has 0 unspecified atom stereocenters. The van der Waals surface area contributed by atoms with Gasteiger partial charge in [-0.1, -0.05) is 19.3 Å². The highest BCUT2D eigenvalue weighted by molar-refractivity contribution is 4.95. The average molecular weight is 298 g/mol. The smallest absolute Gasteiger partial charge is 0.0700 e. The van der Waals surface area contributed by atoms with Gasteiger partial charge in [-0.2, -0.15) is 0 Å². The molecule has 1 aliphatic carbocycles. The van der Waals surface area contributed by atoms with E-state index in [0.717, 1.165) is 13.2 Å². The Morgan fingerprint density at radius 1 is 1.00 bits per heavy atom. The Morgan fingerprint density at radius 3 is 2.67 bits per heavy atom. The summed E-state index contributed by atoms with van der Waals surface area (Å²) in [5.41, 5.74) is 0.434. The van der Waals surface area contributed by atoms with Gasteiger partial charge in [0.25, 0.3) is 0 Å². The average Bonchev–Trinajstić information content (AvgIpc) is 2.70. The molecule has 0 aromatic rings. The van der Waals surface area contributed by atoms with Crippen LogP contribution in [0.1, 0.15) is 51.4 Å². The Labute approximate surface area is 130 Å². The van der Waals surface area contributed by atoms with Gasteiger partial charge < -0.3 is 19.7 Å². The van der Waals surface area contributed by atoms with Crippen molar-refractivity contribution in [3.63, 3.8) is 0 Å². The summed E-state index contributed by atoms with van der Waals surface area (Å²) in [5.74, 6) is 0. The number of hydrogen-bond donors (Lipinski definition) is 1. The van der Waals surface area contributed by atoms with Crippen molar-refractivity contribution in [2.45, 2.75) is 56.9 Å². The number of rotatable bonds is 8. The molecule has 0 aromatic carbocycles. The lowest BCUT2D eigenvalue weighted by molar-refractivity contribution is 0.0671. The Morgan fingerprint density at radius 2 is 1.86 bits per heavy atom. The lowest BCUT2D eigenvalue weighted by Crippen LogP contribution is -2.52. The van der Waals surface area contributed by atoms with Crippen LogP contribution in [0.4, 0.5) is 0 Å². The van der Waals surface area contributed by atoms with E-state index in [1.807, 2.05) is 0 Å². The predicted molar refractivity (Wildman–Crippen MR) is 86.8 cm³/mol. The molecule has 0 aromatic heterocycles. The molecule has 2 aliphatic rings. The zero-order valence-electron chi connectivity index (χ0n) is 13.9. The fraction of sp³-hybridized carbons (Fsp3) is 1.00. The van der Waals surface area contributed by atoms with Gasteiger partial charge in [-0.25, -0.2) is 0 Å². The Hall–Kier alpha value is -0.160. The molecule has 1 N–H and O–H groups in total. The van der Waals surface area contributed by atoms with Gasteiger partial charge in [0, 0.05) is 25.8 Å². The second kappa shape index (κ2) is 9.78. The summed E-state index contributed by atoms with van der Waals surface area (Å²) < 4.78 is 10.5. The van der Waals surface area contributed by atoms with Crippen molar-refractivity contribution in [3.8, 4) is 0 Å². The topological polar surface area (TPSA) is 33.7 Å². The van der Waals surface area contributed by atoms with Crippen LogP contribution in [0.3, 0.4) is 0 Å². The number of nitrogens with zero attached hydrogens (tertiary/aromatic N) is 1. The summed E-state index contributed by atoms with van der Waals surface area (Å²) in [6.45, 7) is 7.28. The van der Waals surface area contributed by atoms with Gasteiger partial charge >= 0.3 is 0 Å². The van der Waals surface area contributed by atoms with E-state index in [2.05, 4.69) is 10.2 Å². The van der Waals surface area contributed by atoms with Crippen molar-refractivity contribution < 1.29 is 9.47 Å². The van der Waals surface area contributed by atoms with Crippen LogP contribution in [-0.4, -0.2) is 63.5 Å². The first-order valence-electron chi connectivity index (χ1n) is 8.89. The summed E-state index contributed by atoms with van der Waals surface area (Å²) in [5, 5.41) is 3.87. The Bertz CT molecular complexity index is 268. The fourth-order valence-corrected chi connectivity index (χ4v) is 3.76. The molecule has 1 aliphatic heterocycles. The van der Waals surface area contributed by atoms with E-state index < -0.39 is 0 Å². The molecular formula is C17H34N2O2. The number of hydrogen-bond acceptors (Lipinski definition) is 4. The number of methoxy groups -OCH3 is 1. The molecule has 1 heterocycles. The van der Waals surface area contributed by atoms with E-state index in [-0.39, 0.29) is 0 Å². The van der Waals surface area contributed by atoms with Crippen molar-refractivity contribution in [1.82, 2.24) is 10.2 Å². The Balaban J connectivity index is 1.62. The molecule has 0 bridgehead atoms. The minimum absolute atomic E-state index is 0.434. The van der Waals surface area contributed by atoms with Gasteiger partial charge in [-0.05, 0) is 51.7 Å². The maximum atomic E-state index is 5.54. The van der Waals surface area contributed by atoms with Gasteiger partial charge in [-0.15, -0.1) is 0 Å². The largest absolute Gasteiger partial charge is 0.382 e. The van der Waals surface area contributed by atoms with Crippen LogP contribution in [0.25, 0.3) is 0 Å². The van der Waals surface area contributed by atoms with Crippen molar-refractivity contribution in [1.29, 1.82) is 0 Å². The SMILES string of the molecule is COCCOCCCCN1CCCNC2(CCCCC2)C1.